The van der Waals surface area contributed by atoms with Gasteiger partial charge < -0.3 is 10.4 Å². The highest BCUT2D eigenvalue weighted by atomic mass is 127. The molecule has 10 heavy (non-hydrogen) atoms. The molecule has 0 aliphatic carbocycles. The Hall–Kier alpha value is -0.450. The number of phenols is 1. The summed E-state index contributed by atoms with van der Waals surface area (Å²) in [6, 6.07) is 5.41. The molecule has 54 valence electrons. The fraction of sp³-hybridized carbons (Fsp3) is 0.143. The molecular formula is C7H8INO. The van der Waals surface area contributed by atoms with E-state index in [0.29, 0.717) is 5.75 Å². The minimum Gasteiger partial charge on any atom is -0.506 e. The maximum absolute atomic E-state index is 9.22. The summed E-state index contributed by atoms with van der Waals surface area (Å²) >= 11 is 2.16. The number of phenolic OH excluding ortho intramolecular Hbond substituents is 1. The molecule has 0 saturated heterocycles. The van der Waals surface area contributed by atoms with Crippen LogP contribution in [0.2, 0.25) is 0 Å². The van der Waals surface area contributed by atoms with Crippen molar-refractivity contribution in [3.05, 3.63) is 21.8 Å². The number of nitrogens with one attached hydrogen (secondary N) is 1. The summed E-state index contributed by atoms with van der Waals surface area (Å²) in [7, 11) is 1.79. The van der Waals surface area contributed by atoms with Crippen molar-refractivity contribution >= 4 is 28.3 Å². The normalized spacial score (nSPS) is 9.40. The van der Waals surface area contributed by atoms with Crippen molar-refractivity contribution in [2.75, 3.05) is 12.4 Å². The van der Waals surface area contributed by atoms with Crippen molar-refractivity contribution < 1.29 is 5.11 Å². The van der Waals surface area contributed by atoms with Gasteiger partial charge in [-0.15, -0.1) is 0 Å². The first kappa shape index (κ1) is 7.65. The van der Waals surface area contributed by atoms with Gasteiger partial charge in [-0.1, -0.05) is 6.07 Å². The van der Waals surface area contributed by atoms with E-state index in [0.717, 1.165) is 9.26 Å². The van der Waals surface area contributed by atoms with Crippen LogP contribution in [-0.2, 0) is 0 Å². The maximum atomic E-state index is 9.22. The molecule has 0 aliphatic rings. The molecule has 1 aromatic carbocycles. The summed E-state index contributed by atoms with van der Waals surface area (Å²) in [5.41, 5.74) is 0.795. The van der Waals surface area contributed by atoms with Gasteiger partial charge >= 0.3 is 0 Å². The molecule has 0 amide bonds. The zero-order valence-electron chi connectivity index (χ0n) is 5.56. The molecule has 0 saturated carbocycles. The Morgan fingerprint density at radius 3 is 2.60 bits per heavy atom. The highest BCUT2D eigenvalue weighted by molar-refractivity contribution is 14.1. The van der Waals surface area contributed by atoms with E-state index in [1.165, 1.54) is 0 Å². The predicted molar refractivity (Wildman–Crippen MR) is 50.4 cm³/mol. The molecule has 1 aromatic rings. The summed E-state index contributed by atoms with van der Waals surface area (Å²) in [4.78, 5) is 0. The minimum absolute atomic E-state index is 0.300. The lowest BCUT2D eigenvalue weighted by Crippen LogP contribution is -1.90. The number of benzene rings is 1. The predicted octanol–water partition coefficient (Wildman–Crippen LogP) is 2.04. The number of aromatic hydroxyl groups is 1. The van der Waals surface area contributed by atoms with E-state index < -0.39 is 0 Å². The van der Waals surface area contributed by atoms with Crippen LogP contribution < -0.4 is 5.32 Å². The van der Waals surface area contributed by atoms with Gasteiger partial charge in [0.1, 0.15) is 5.75 Å². The van der Waals surface area contributed by atoms with Gasteiger partial charge in [-0.3, -0.25) is 0 Å². The third kappa shape index (κ3) is 1.34. The molecule has 0 spiro atoms. The summed E-state index contributed by atoms with van der Waals surface area (Å²) in [6.07, 6.45) is 0. The fourth-order valence-electron chi connectivity index (χ4n) is 0.760. The number of halogens is 1. The second kappa shape index (κ2) is 3.09. The number of anilines is 1. The van der Waals surface area contributed by atoms with Crippen molar-refractivity contribution in [2.45, 2.75) is 0 Å². The van der Waals surface area contributed by atoms with E-state index >= 15 is 0 Å². The molecule has 3 heteroatoms. The van der Waals surface area contributed by atoms with Crippen molar-refractivity contribution in [2.24, 2.45) is 0 Å². The Bertz CT molecular complexity index is 217. The van der Waals surface area contributed by atoms with Crippen molar-refractivity contribution in [1.82, 2.24) is 0 Å². The van der Waals surface area contributed by atoms with E-state index in [1.807, 2.05) is 12.1 Å². The molecule has 0 heterocycles. The first-order valence-electron chi connectivity index (χ1n) is 2.91. The Kier molecular flexibility index (Phi) is 2.37. The van der Waals surface area contributed by atoms with Crippen LogP contribution >= 0.6 is 22.6 Å². The smallest absolute Gasteiger partial charge is 0.139 e. The SMILES string of the molecule is CNc1c(O)cccc1I. The van der Waals surface area contributed by atoms with Gasteiger partial charge in [-0.05, 0) is 34.7 Å². The van der Waals surface area contributed by atoms with E-state index in [9.17, 15) is 5.11 Å². The van der Waals surface area contributed by atoms with Crippen LogP contribution in [0.5, 0.6) is 5.75 Å². The number of hydrogen-bond acceptors (Lipinski definition) is 2. The van der Waals surface area contributed by atoms with Crippen LogP contribution in [0.1, 0.15) is 0 Å². The molecule has 0 radical (unpaired) electrons. The molecule has 1 rings (SSSR count). The van der Waals surface area contributed by atoms with E-state index in [-0.39, 0.29) is 0 Å². The first-order valence-corrected chi connectivity index (χ1v) is 3.99. The Labute approximate surface area is 73.4 Å². The lowest BCUT2D eigenvalue weighted by atomic mass is 10.3. The zero-order chi connectivity index (χ0) is 7.56. The monoisotopic (exact) mass is 249 g/mol. The van der Waals surface area contributed by atoms with Crippen LogP contribution in [0, 0.1) is 3.57 Å². The van der Waals surface area contributed by atoms with Crippen molar-refractivity contribution in [3.63, 3.8) is 0 Å². The zero-order valence-corrected chi connectivity index (χ0v) is 7.71. The second-order valence-electron chi connectivity index (χ2n) is 1.88. The molecule has 0 aliphatic heterocycles. The van der Waals surface area contributed by atoms with Crippen molar-refractivity contribution in [3.8, 4) is 5.75 Å². The third-order valence-electron chi connectivity index (χ3n) is 1.24. The van der Waals surface area contributed by atoms with E-state index in [2.05, 4.69) is 27.9 Å². The highest BCUT2D eigenvalue weighted by Gasteiger charge is 2.00. The van der Waals surface area contributed by atoms with E-state index in [1.54, 1.807) is 13.1 Å². The van der Waals surface area contributed by atoms with Gasteiger partial charge in [0.05, 0.1) is 5.69 Å². The van der Waals surface area contributed by atoms with Gasteiger partial charge in [0, 0.05) is 10.6 Å². The maximum Gasteiger partial charge on any atom is 0.139 e. The Morgan fingerprint density at radius 1 is 1.50 bits per heavy atom. The summed E-state index contributed by atoms with van der Waals surface area (Å²) in [5, 5.41) is 12.1. The number of para-hydroxylation sites is 1. The van der Waals surface area contributed by atoms with Gasteiger partial charge in [0.15, 0.2) is 0 Å². The summed E-state index contributed by atoms with van der Waals surface area (Å²) in [5.74, 6) is 0.300. The molecule has 0 aromatic heterocycles. The molecular weight excluding hydrogens is 241 g/mol. The second-order valence-corrected chi connectivity index (χ2v) is 3.05. The van der Waals surface area contributed by atoms with Gasteiger partial charge in [0.25, 0.3) is 0 Å². The van der Waals surface area contributed by atoms with Crippen LogP contribution in [0.25, 0.3) is 0 Å². The third-order valence-corrected chi connectivity index (χ3v) is 2.14. The molecule has 0 bridgehead atoms. The lowest BCUT2D eigenvalue weighted by molar-refractivity contribution is 0.477. The lowest BCUT2D eigenvalue weighted by Gasteiger charge is -2.04. The number of hydrogen-bond donors (Lipinski definition) is 2. The van der Waals surface area contributed by atoms with Gasteiger partial charge in [0.2, 0.25) is 0 Å². The standard InChI is InChI=1S/C7H8INO/c1-9-7-5(8)3-2-4-6(7)10/h2-4,9-10H,1H3. The average Bonchev–Trinajstić information content (AvgIpc) is 1.88. The van der Waals surface area contributed by atoms with Crippen molar-refractivity contribution in [1.29, 1.82) is 0 Å². The van der Waals surface area contributed by atoms with E-state index in [4.69, 9.17) is 0 Å². The molecule has 2 N–H and O–H groups in total. The van der Waals surface area contributed by atoms with Crippen LogP contribution in [0.3, 0.4) is 0 Å². The van der Waals surface area contributed by atoms with Gasteiger partial charge in [-0.2, -0.15) is 0 Å². The topological polar surface area (TPSA) is 32.3 Å². The summed E-state index contributed by atoms with van der Waals surface area (Å²) < 4.78 is 1.03. The average molecular weight is 249 g/mol. The van der Waals surface area contributed by atoms with Crippen LogP contribution in [0.15, 0.2) is 18.2 Å². The molecule has 0 fully saturated rings. The first-order chi connectivity index (χ1) is 4.75. The Balaban J connectivity index is 3.17. The van der Waals surface area contributed by atoms with Crippen LogP contribution in [0.4, 0.5) is 5.69 Å². The quantitative estimate of drug-likeness (QED) is 0.589. The van der Waals surface area contributed by atoms with Crippen LogP contribution in [-0.4, -0.2) is 12.2 Å². The number of rotatable bonds is 1. The largest absolute Gasteiger partial charge is 0.506 e. The highest BCUT2D eigenvalue weighted by Crippen LogP contribution is 2.27. The molecule has 0 atom stereocenters. The summed E-state index contributed by atoms with van der Waals surface area (Å²) in [6.45, 7) is 0. The molecule has 2 nitrogen and oxygen atoms in total. The fourth-order valence-corrected chi connectivity index (χ4v) is 1.51. The van der Waals surface area contributed by atoms with Gasteiger partial charge in [-0.25, -0.2) is 0 Å². The molecule has 0 unspecified atom stereocenters. The minimum atomic E-state index is 0.300. The Morgan fingerprint density at radius 2 is 2.20 bits per heavy atom.